The Morgan fingerprint density at radius 1 is 1.33 bits per heavy atom. The van der Waals surface area contributed by atoms with Crippen LogP contribution in [0.5, 0.6) is 0 Å². The van der Waals surface area contributed by atoms with Crippen LogP contribution < -0.4 is 10.6 Å². The SMILES string of the molecule is CCNC(=O)NC(=O)c1nnc(CC)o1. The minimum absolute atomic E-state index is 0.210. The molecule has 0 bridgehead atoms. The van der Waals surface area contributed by atoms with Crippen LogP contribution in [-0.2, 0) is 6.42 Å². The fourth-order valence-electron chi connectivity index (χ4n) is 0.850. The first-order valence-electron chi connectivity index (χ1n) is 4.59. The molecule has 0 saturated heterocycles. The average molecular weight is 212 g/mol. The maximum Gasteiger partial charge on any atom is 0.321 e. The number of hydrogen-bond donors (Lipinski definition) is 2. The van der Waals surface area contributed by atoms with E-state index in [0.717, 1.165) is 0 Å². The second-order valence-corrected chi connectivity index (χ2v) is 2.67. The molecule has 1 aromatic rings. The second-order valence-electron chi connectivity index (χ2n) is 2.67. The third-order valence-corrected chi connectivity index (χ3v) is 1.53. The van der Waals surface area contributed by atoms with Gasteiger partial charge in [0.15, 0.2) is 0 Å². The Bertz CT molecular complexity index is 361. The monoisotopic (exact) mass is 212 g/mol. The summed E-state index contributed by atoms with van der Waals surface area (Å²) in [6.45, 7) is 3.99. The van der Waals surface area contributed by atoms with E-state index in [1.54, 1.807) is 6.92 Å². The van der Waals surface area contributed by atoms with Gasteiger partial charge in [0.1, 0.15) is 0 Å². The Labute approximate surface area is 86.2 Å². The van der Waals surface area contributed by atoms with Crippen molar-refractivity contribution in [1.29, 1.82) is 0 Å². The van der Waals surface area contributed by atoms with E-state index in [4.69, 9.17) is 4.42 Å². The number of nitrogens with one attached hydrogen (secondary N) is 2. The molecule has 0 aliphatic rings. The highest BCUT2D eigenvalue weighted by molar-refractivity contribution is 6.01. The van der Waals surface area contributed by atoms with Gasteiger partial charge < -0.3 is 9.73 Å². The Kier molecular flexibility index (Phi) is 3.78. The van der Waals surface area contributed by atoms with Gasteiger partial charge in [0.05, 0.1) is 0 Å². The van der Waals surface area contributed by atoms with Crippen molar-refractivity contribution in [3.63, 3.8) is 0 Å². The lowest BCUT2D eigenvalue weighted by Crippen LogP contribution is -2.39. The number of urea groups is 1. The molecule has 0 fully saturated rings. The Morgan fingerprint density at radius 3 is 2.60 bits per heavy atom. The first-order chi connectivity index (χ1) is 7.17. The van der Waals surface area contributed by atoms with Crippen LogP contribution in [0.3, 0.4) is 0 Å². The van der Waals surface area contributed by atoms with Gasteiger partial charge in [-0.2, -0.15) is 0 Å². The molecule has 0 aromatic carbocycles. The van der Waals surface area contributed by atoms with E-state index in [2.05, 4.69) is 15.5 Å². The molecule has 1 heterocycles. The fraction of sp³-hybridized carbons (Fsp3) is 0.500. The third-order valence-electron chi connectivity index (χ3n) is 1.53. The summed E-state index contributed by atoms with van der Waals surface area (Å²) in [4.78, 5) is 22.3. The molecule has 7 nitrogen and oxygen atoms in total. The summed E-state index contributed by atoms with van der Waals surface area (Å²) < 4.78 is 4.96. The van der Waals surface area contributed by atoms with E-state index >= 15 is 0 Å². The maximum atomic E-state index is 11.3. The van der Waals surface area contributed by atoms with Gasteiger partial charge in [0.2, 0.25) is 5.89 Å². The van der Waals surface area contributed by atoms with Crippen LogP contribution >= 0.6 is 0 Å². The van der Waals surface area contributed by atoms with Crippen LogP contribution in [0.25, 0.3) is 0 Å². The lowest BCUT2D eigenvalue weighted by atomic mass is 10.5. The first kappa shape index (κ1) is 11.2. The number of aryl methyl sites for hydroxylation is 1. The van der Waals surface area contributed by atoms with Crippen LogP contribution in [0.1, 0.15) is 30.4 Å². The summed E-state index contributed by atoms with van der Waals surface area (Å²) in [5.74, 6) is -0.553. The molecule has 0 spiro atoms. The molecule has 0 atom stereocenters. The standard InChI is InChI=1S/C8H12N4O3/c1-3-5-11-12-7(15-5)6(13)10-8(14)9-4-2/h3-4H2,1-2H3,(H2,9,10,13,14). The molecular weight excluding hydrogens is 200 g/mol. The first-order valence-corrected chi connectivity index (χ1v) is 4.59. The van der Waals surface area contributed by atoms with Crippen LogP contribution in [0.2, 0.25) is 0 Å². The maximum absolute atomic E-state index is 11.3. The molecule has 0 saturated carbocycles. The summed E-state index contributed by atoms with van der Waals surface area (Å²) in [7, 11) is 0. The van der Waals surface area contributed by atoms with Crippen molar-refractivity contribution < 1.29 is 14.0 Å². The van der Waals surface area contributed by atoms with Gasteiger partial charge in [-0.05, 0) is 6.92 Å². The third kappa shape index (κ3) is 3.04. The van der Waals surface area contributed by atoms with Crippen molar-refractivity contribution in [2.24, 2.45) is 0 Å². The normalized spacial score (nSPS) is 9.73. The molecule has 15 heavy (non-hydrogen) atoms. The van der Waals surface area contributed by atoms with Crippen LogP contribution in [0, 0.1) is 0 Å². The summed E-state index contributed by atoms with van der Waals surface area (Å²) in [5.41, 5.74) is 0. The number of nitrogens with zero attached hydrogens (tertiary/aromatic N) is 2. The lowest BCUT2D eigenvalue weighted by Gasteiger charge is -2.00. The molecule has 82 valence electrons. The van der Waals surface area contributed by atoms with E-state index in [1.807, 2.05) is 12.2 Å². The number of aromatic nitrogens is 2. The predicted octanol–water partition coefficient (Wildman–Crippen LogP) is 0.0913. The summed E-state index contributed by atoms with van der Waals surface area (Å²) in [5, 5.41) is 11.5. The average Bonchev–Trinajstić information content (AvgIpc) is 2.66. The lowest BCUT2D eigenvalue weighted by molar-refractivity contribution is 0.0928. The van der Waals surface area contributed by atoms with Gasteiger partial charge in [-0.3, -0.25) is 10.1 Å². The molecule has 0 aliphatic heterocycles. The smallest absolute Gasteiger partial charge is 0.321 e. The highest BCUT2D eigenvalue weighted by Crippen LogP contribution is 1.99. The molecule has 1 aromatic heterocycles. The van der Waals surface area contributed by atoms with E-state index in [9.17, 15) is 9.59 Å². The van der Waals surface area contributed by atoms with Crippen molar-refractivity contribution in [2.45, 2.75) is 20.3 Å². The number of rotatable bonds is 3. The zero-order valence-corrected chi connectivity index (χ0v) is 8.53. The Balaban J connectivity index is 2.57. The van der Waals surface area contributed by atoms with Crippen molar-refractivity contribution in [2.75, 3.05) is 6.54 Å². The number of imide groups is 1. The van der Waals surface area contributed by atoms with Crippen LogP contribution in [0.4, 0.5) is 4.79 Å². The molecule has 1 rings (SSSR count). The minimum Gasteiger partial charge on any atom is -0.417 e. The largest absolute Gasteiger partial charge is 0.417 e. The number of carbonyl (C=O) groups excluding carboxylic acids is 2. The molecule has 0 aliphatic carbocycles. The van der Waals surface area contributed by atoms with Gasteiger partial charge in [-0.1, -0.05) is 6.92 Å². The number of carbonyl (C=O) groups is 2. The molecule has 2 N–H and O–H groups in total. The van der Waals surface area contributed by atoms with E-state index in [0.29, 0.717) is 18.9 Å². The van der Waals surface area contributed by atoms with Gasteiger partial charge in [0, 0.05) is 13.0 Å². The van der Waals surface area contributed by atoms with Crippen LogP contribution in [0.15, 0.2) is 4.42 Å². The fourth-order valence-corrected chi connectivity index (χ4v) is 0.850. The van der Waals surface area contributed by atoms with Crippen molar-refractivity contribution in [3.8, 4) is 0 Å². The zero-order chi connectivity index (χ0) is 11.3. The van der Waals surface area contributed by atoms with Crippen molar-refractivity contribution in [1.82, 2.24) is 20.8 Å². The second kappa shape index (κ2) is 5.08. The quantitative estimate of drug-likeness (QED) is 0.740. The van der Waals surface area contributed by atoms with Crippen molar-refractivity contribution in [3.05, 3.63) is 11.8 Å². The molecular formula is C8H12N4O3. The number of hydrogen-bond acceptors (Lipinski definition) is 5. The summed E-state index contributed by atoms with van der Waals surface area (Å²) in [6, 6.07) is -0.584. The minimum atomic E-state index is -0.701. The molecule has 0 unspecified atom stereocenters. The van der Waals surface area contributed by atoms with E-state index in [1.165, 1.54) is 0 Å². The zero-order valence-electron chi connectivity index (χ0n) is 8.53. The van der Waals surface area contributed by atoms with E-state index < -0.39 is 11.9 Å². The topological polar surface area (TPSA) is 97.1 Å². The molecule has 3 amide bonds. The summed E-state index contributed by atoms with van der Waals surface area (Å²) >= 11 is 0. The Hall–Kier alpha value is -1.92. The van der Waals surface area contributed by atoms with Gasteiger partial charge in [0.25, 0.3) is 0 Å². The molecule has 0 radical (unpaired) electrons. The van der Waals surface area contributed by atoms with Gasteiger partial charge in [-0.15, -0.1) is 10.2 Å². The highest BCUT2D eigenvalue weighted by Gasteiger charge is 2.16. The molecule has 7 heteroatoms. The predicted molar refractivity (Wildman–Crippen MR) is 50.2 cm³/mol. The van der Waals surface area contributed by atoms with Gasteiger partial charge >= 0.3 is 17.8 Å². The number of amides is 3. The summed E-state index contributed by atoms with van der Waals surface area (Å²) in [6.07, 6.45) is 0.543. The highest BCUT2D eigenvalue weighted by atomic mass is 16.4. The van der Waals surface area contributed by atoms with Crippen LogP contribution in [-0.4, -0.2) is 28.7 Å². The van der Waals surface area contributed by atoms with E-state index in [-0.39, 0.29) is 5.89 Å². The Morgan fingerprint density at radius 2 is 2.07 bits per heavy atom. The van der Waals surface area contributed by atoms with Gasteiger partial charge in [-0.25, -0.2) is 4.79 Å². The van der Waals surface area contributed by atoms with Crippen molar-refractivity contribution >= 4 is 11.9 Å².